The van der Waals surface area contributed by atoms with Crippen LogP contribution in [0.1, 0.15) is 27.2 Å². The number of amides is 2. The second kappa shape index (κ2) is 8.21. The van der Waals surface area contributed by atoms with Crippen molar-refractivity contribution in [2.45, 2.75) is 39.3 Å². The van der Waals surface area contributed by atoms with Gasteiger partial charge in [0.1, 0.15) is 15.9 Å². The number of carbonyl (C=O) groups excluding carboxylic acids is 2. The Labute approximate surface area is 120 Å². The van der Waals surface area contributed by atoms with Gasteiger partial charge >= 0.3 is 0 Å². The minimum Gasteiger partial charge on any atom is -0.343 e. The number of nitrogens with two attached hydrogens (primary N) is 1. The van der Waals surface area contributed by atoms with Crippen molar-refractivity contribution in [2.24, 2.45) is 5.73 Å². The lowest BCUT2D eigenvalue weighted by molar-refractivity contribution is -0.136. The molecule has 2 unspecified atom stereocenters. The highest BCUT2D eigenvalue weighted by molar-refractivity contribution is 7.90. The molecular weight excluding hydrogens is 282 g/mol. The van der Waals surface area contributed by atoms with Crippen LogP contribution in [0.3, 0.4) is 0 Å². The highest BCUT2D eigenvalue weighted by Gasteiger charge is 2.23. The van der Waals surface area contributed by atoms with Gasteiger partial charge < -0.3 is 16.0 Å². The van der Waals surface area contributed by atoms with Gasteiger partial charge in [0.2, 0.25) is 11.8 Å². The molecule has 0 aromatic heterocycles. The lowest BCUT2D eigenvalue weighted by Crippen LogP contribution is -2.51. The second-order valence-corrected chi connectivity index (χ2v) is 7.03. The van der Waals surface area contributed by atoms with Crippen molar-refractivity contribution >= 4 is 21.7 Å². The van der Waals surface area contributed by atoms with Gasteiger partial charge in [-0.2, -0.15) is 0 Å². The summed E-state index contributed by atoms with van der Waals surface area (Å²) in [7, 11) is -3.15. The van der Waals surface area contributed by atoms with Gasteiger partial charge in [-0.3, -0.25) is 9.59 Å². The van der Waals surface area contributed by atoms with E-state index in [2.05, 4.69) is 5.32 Å². The zero-order valence-electron chi connectivity index (χ0n) is 12.5. The van der Waals surface area contributed by atoms with Crippen LogP contribution in [0.2, 0.25) is 0 Å². The number of likely N-dealkylation sites (N-methyl/N-ethyl adjacent to an activating group) is 1. The number of hydrogen-bond donors (Lipinski definition) is 2. The quantitative estimate of drug-likeness (QED) is 0.605. The molecule has 20 heavy (non-hydrogen) atoms. The molecule has 0 saturated heterocycles. The summed E-state index contributed by atoms with van der Waals surface area (Å²) in [5.74, 6) is -0.847. The fraction of sp³-hybridized carbons (Fsp3) is 0.833. The van der Waals surface area contributed by atoms with Crippen molar-refractivity contribution in [3.63, 3.8) is 0 Å². The van der Waals surface area contributed by atoms with Crippen molar-refractivity contribution in [3.8, 4) is 0 Å². The van der Waals surface area contributed by atoms with Gasteiger partial charge in [-0.15, -0.1) is 0 Å². The summed E-state index contributed by atoms with van der Waals surface area (Å²) in [5, 5.41) is 2.51. The Morgan fingerprint density at radius 1 is 1.25 bits per heavy atom. The van der Waals surface area contributed by atoms with E-state index >= 15 is 0 Å². The van der Waals surface area contributed by atoms with Crippen molar-refractivity contribution in [1.82, 2.24) is 10.2 Å². The molecular formula is C12H25N3O4S. The molecule has 2 atom stereocenters. The molecule has 0 aliphatic heterocycles. The zero-order chi connectivity index (χ0) is 15.9. The first kappa shape index (κ1) is 18.9. The molecule has 0 rings (SSSR count). The Morgan fingerprint density at radius 3 is 2.15 bits per heavy atom. The van der Waals surface area contributed by atoms with Gasteiger partial charge in [0, 0.05) is 19.3 Å². The third-order valence-electron chi connectivity index (χ3n) is 2.94. The first-order chi connectivity index (χ1) is 9.12. The standard InChI is InChI=1S/C12H25N3O4S/c1-5-15(6-2)12(17)9(3)14-11(16)10(13)7-8-20(4,18)19/h9-10H,5-8,13H2,1-4H3,(H,14,16). The van der Waals surface area contributed by atoms with Gasteiger partial charge in [0.25, 0.3) is 0 Å². The molecule has 118 valence electrons. The first-order valence-corrected chi connectivity index (χ1v) is 8.70. The van der Waals surface area contributed by atoms with Crippen molar-refractivity contribution < 1.29 is 18.0 Å². The van der Waals surface area contributed by atoms with E-state index in [4.69, 9.17) is 5.73 Å². The third-order valence-corrected chi connectivity index (χ3v) is 3.92. The maximum atomic E-state index is 12.0. The van der Waals surface area contributed by atoms with E-state index in [0.717, 1.165) is 6.26 Å². The summed E-state index contributed by atoms with van der Waals surface area (Å²) >= 11 is 0. The largest absolute Gasteiger partial charge is 0.343 e. The predicted octanol–water partition coefficient (Wildman–Crippen LogP) is -0.878. The minimum atomic E-state index is -3.15. The van der Waals surface area contributed by atoms with E-state index in [1.165, 1.54) is 0 Å². The van der Waals surface area contributed by atoms with Crippen LogP contribution in [0, 0.1) is 0 Å². The Bertz CT molecular complexity index is 432. The van der Waals surface area contributed by atoms with E-state index in [1.807, 2.05) is 13.8 Å². The molecule has 7 nitrogen and oxygen atoms in total. The third kappa shape index (κ3) is 6.85. The molecule has 0 saturated carbocycles. The fourth-order valence-corrected chi connectivity index (χ4v) is 2.35. The first-order valence-electron chi connectivity index (χ1n) is 6.64. The lowest BCUT2D eigenvalue weighted by atomic mass is 10.2. The molecule has 0 aliphatic carbocycles. The molecule has 0 fully saturated rings. The van der Waals surface area contributed by atoms with Gasteiger partial charge in [0.05, 0.1) is 11.8 Å². The van der Waals surface area contributed by atoms with Crippen LogP contribution < -0.4 is 11.1 Å². The SMILES string of the molecule is CCN(CC)C(=O)C(C)NC(=O)C(N)CCS(C)(=O)=O. The number of rotatable bonds is 8. The van der Waals surface area contributed by atoms with Crippen LogP contribution in [0.15, 0.2) is 0 Å². The highest BCUT2D eigenvalue weighted by Crippen LogP contribution is 1.98. The summed E-state index contributed by atoms with van der Waals surface area (Å²) in [6, 6.07) is -1.61. The fourth-order valence-electron chi connectivity index (χ4n) is 1.66. The molecule has 0 radical (unpaired) electrons. The summed E-state index contributed by atoms with van der Waals surface area (Å²) in [4.78, 5) is 25.3. The van der Waals surface area contributed by atoms with E-state index in [-0.39, 0.29) is 18.1 Å². The molecule has 0 spiro atoms. The molecule has 3 N–H and O–H groups in total. The topological polar surface area (TPSA) is 110 Å². The molecule has 0 aromatic rings. The van der Waals surface area contributed by atoms with E-state index in [9.17, 15) is 18.0 Å². The number of hydrogen-bond acceptors (Lipinski definition) is 5. The molecule has 0 bridgehead atoms. The number of nitrogens with zero attached hydrogens (tertiary/aromatic N) is 1. The van der Waals surface area contributed by atoms with Gasteiger partial charge in [0.15, 0.2) is 0 Å². The molecule has 8 heteroatoms. The maximum Gasteiger partial charge on any atom is 0.244 e. The molecule has 2 amide bonds. The van der Waals surface area contributed by atoms with Gasteiger partial charge in [-0.05, 0) is 27.2 Å². The summed E-state index contributed by atoms with van der Waals surface area (Å²) in [6.45, 7) is 6.43. The van der Waals surface area contributed by atoms with E-state index in [0.29, 0.717) is 13.1 Å². The zero-order valence-corrected chi connectivity index (χ0v) is 13.4. The van der Waals surface area contributed by atoms with E-state index in [1.54, 1.807) is 11.8 Å². The lowest BCUT2D eigenvalue weighted by Gasteiger charge is -2.24. The van der Waals surface area contributed by atoms with Gasteiger partial charge in [-0.25, -0.2) is 8.42 Å². The van der Waals surface area contributed by atoms with Crippen molar-refractivity contribution in [3.05, 3.63) is 0 Å². The highest BCUT2D eigenvalue weighted by atomic mass is 32.2. The summed E-state index contributed by atoms with van der Waals surface area (Å²) < 4.78 is 22.0. The summed E-state index contributed by atoms with van der Waals surface area (Å²) in [6.07, 6.45) is 1.13. The second-order valence-electron chi connectivity index (χ2n) is 4.77. The Balaban J connectivity index is 4.41. The van der Waals surface area contributed by atoms with Crippen molar-refractivity contribution in [1.29, 1.82) is 0 Å². The average molecular weight is 307 g/mol. The predicted molar refractivity (Wildman–Crippen MR) is 77.8 cm³/mol. The Kier molecular flexibility index (Phi) is 7.74. The van der Waals surface area contributed by atoms with Gasteiger partial charge in [-0.1, -0.05) is 0 Å². The normalized spacial score (nSPS) is 14.4. The number of carbonyl (C=O) groups is 2. The Morgan fingerprint density at radius 2 is 1.75 bits per heavy atom. The molecule has 0 aromatic carbocycles. The number of nitrogens with one attached hydrogen (secondary N) is 1. The summed E-state index contributed by atoms with van der Waals surface area (Å²) in [5.41, 5.74) is 5.61. The van der Waals surface area contributed by atoms with Crippen molar-refractivity contribution in [2.75, 3.05) is 25.1 Å². The monoisotopic (exact) mass is 307 g/mol. The van der Waals surface area contributed by atoms with Crippen LogP contribution in [0.5, 0.6) is 0 Å². The van der Waals surface area contributed by atoms with Crippen LogP contribution in [-0.4, -0.2) is 62.3 Å². The van der Waals surface area contributed by atoms with Crippen LogP contribution >= 0.6 is 0 Å². The molecule has 0 aliphatic rings. The number of sulfone groups is 1. The average Bonchev–Trinajstić information content (AvgIpc) is 2.36. The van der Waals surface area contributed by atoms with Crippen LogP contribution in [0.25, 0.3) is 0 Å². The maximum absolute atomic E-state index is 12.0. The van der Waals surface area contributed by atoms with Crippen LogP contribution in [0.4, 0.5) is 0 Å². The minimum absolute atomic E-state index is 0.0385. The van der Waals surface area contributed by atoms with E-state index < -0.39 is 27.8 Å². The van der Waals surface area contributed by atoms with Crippen LogP contribution in [-0.2, 0) is 19.4 Å². The Hall–Kier alpha value is -1.15. The molecule has 0 heterocycles. The smallest absolute Gasteiger partial charge is 0.244 e.